The van der Waals surface area contributed by atoms with Crippen LogP contribution in [0.4, 0.5) is 0 Å². The van der Waals surface area contributed by atoms with Crippen molar-refractivity contribution in [1.82, 2.24) is 19.4 Å². The van der Waals surface area contributed by atoms with Gasteiger partial charge in [0.05, 0.1) is 17.4 Å². The fourth-order valence-corrected chi connectivity index (χ4v) is 3.36. The monoisotopic (exact) mass is 360 g/mol. The zero-order valence-electron chi connectivity index (χ0n) is 14.8. The van der Waals surface area contributed by atoms with E-state index in [1.54, 1.807) is 12.5 Å². The summed E-state index contributed by atoms with van der Waals surface area (Å²) in [4.78, 5) is 29.2. The highest BCUT2D eigenvalue weighted by molar-refractivity contribution is 5.94. The maximum Gasteiger partial charge on any atom is 0.239 e. The molecule has 0 bridgehead atoms. The molecule has 0 aliphatic rings. The maximum atomic E-state index is 12.7. The first-order valence-electron chi connectivity index (χ1n) is 8.97. The number of imidazole rings is 1. The molecule has 0 saturated carbocycles. The van der Waals surface area contributed by atoms with Crippen molar-refractivity contribution in [3.8, 4) is 0 Å². The molecule has 4 rings (SSSR count). The van der Waals surface area contributed by atoms with E-state index in [4.69, 9.17) is 0 Å². The van der Waals surface area contributed by atoms with Crippen molar-refractivity contribution in [1.29, 1.82) is 0 Å². The molecule has 0 aliphatic carbocycles. The molecule has 0 aliphatic heterocycles. The minimum atomic E-state index is -0.0698. The predicted octanol–water partition coefficient (Wildman–Crippen LogP) is 2.56. The minimum absolute atomic E-state index is 0.00168. The van der Waals surface area contributed by atoms with Gasteiger partial charge in [-0.25, -0.2) is 4.98 Å². The summed E-state index contributed by atoms with van der Waals surface area (Å²) in [5, 5.41) is 4.22. The van der Waals surface area contributed by atoms with Crippen LogP contribution in [0.5, 0.6) is 0 Å². The molecule has 0 unspecified atom stereocenters. The van der Waals surface area contributed by atoms with Crippen LogP contribution in [0.3, 0.4) is 0 Å². The standard InChI is InChI=1S/C21H20N4O2/c26-20(23-10-5-12-24-13-11-22-15-24)14-25-18-8-3-1-6-16(18)21(27)17-7-2-4-9-19(17)25/h1-4,6-9,11,13,15H,5,10,12,14H2,(H,23,26). The van der Waals surface area contributed by atoms with Crippen molar-refractivity contribution in [2.75, 3.05) is 6.54 Å². The molecule has 0 saturated heterocycles. The van der Waals surface area contributed by atoms with Crippen LogP contribution < -0.4 is 10.7 Å². The molecule has 0 fully saturated rings. The minimum Gasteiger partial charge on any atom is -0.354 e. The molecule has 0 radical (unpaired) electrons. The average Bonchev–Trinajstić information content (AvgIpc) is 3.22. The summed E-state index contributed by atoms with van der Waals surface area (Å²) in [6, 6.07) is 14.8. The molecular formula is C21H20N4O2. The second-order valence-corrected chi connectivity index (χ2v) is 6.45. The van der Waals surface area contributed by atoms with Crippen molar-refractivity contribution in [2.24, 2.45) is 0 Å². The number of fused-ring (bicyclic) bond motifs is 2. The third-order valence-electron chi connectivity index (χ3n) is 4.66. The van der Waals surface area contributed by atoms with Crippen LogP contribution in [-0.2, 0) is 17.9 Å². The molecule has 2 aromatic heterocycles. The summed E-state index contributed by atoms with van der Waals surface area (Å²) in [6.45, 7) is 1.57. The number of hydrogen-bond acceptors (Lipinski definition) is 3. The maximum absolute atomic E-state index is 12.7. The highest BCUT2D eigenvalue weighted by Gasteiger charge is 2.12. The average molecular weight is 360 g/mol. The molecule has 1 N–H and O–H groups in total. The van der Waals surface area contributed by atoms with Gasteiger partial charge in [0, 0.05) is 36.3 Å². The van der Waals surface area contributed by atoms with Gasteiger partial charge >= 0.3 is 0 Å². The van der Waals surface area contributed by atoms with Gasteiger partial charge in [-0.2, -0.15) is 0 Å². The van der Waals surface area contributed by atoms with E-state index in [0.29, 0.717) is 17.3 Å². The summed E-state index contributed by atoms with van der Waals surface area (Å²) in [5.41, 5.74) is 1.54. The normalized spacial score (nSPS) is 11.1. The molecule has 6 heteroatoms. The number of benzene rings is 2. The van der Waals surface area contributed by atoms with Crippen LogP contribution in [0.2, 0.25) is 0 Å². The molecule has 4 aromatic rings. The smallest absolute Gasteiger partial charge is 0.239 e. The van der Waals surface area contributed by atoms with Crippen LogP contribution >= 0.6 is 0 Å². The van der Waals surface area contributed by atoms with Gasteiger partial charge in [0.15, 0.2) is 5.43 Å². The summed E-state index contributed by atoms with van der Waals surface area (Å²) in [6.07, 6.45) is 6.24. The summed E-state index contributed by atoms with van der Waals surface area (Å²) >= 11 is 0. The van der Waals surface area contributed by atoms with Crippen molar-refractivity contribution in [3.05, 3.63) is 77.5 Å². The van der Waals surface area contributed by atoms with Crippen LogP contribution in [-0.4, -0.2) is 26.6 Å². The lowest BCUT2D eigenvalue weighted by Crippen LogP contribution is -2.29. The number of nitrogens with one attached hydrogen (secondary N) is 1. The molecule has 2 aromatic carbocycles. The van der Waals surface area contributed by atoms with Gasteiger partial charge in [0.2, 0.25) is 5.91 Å². The van der Waals surface area contributed by atoms with Crippen molar-refractivity contribution >= 4 is 27.7 Å². The Labute approximate surface area is 156 Å². The van der Waals surface area contributed by atoms with E-state index in [9.17, 15) is 9.59 Å². The number of para-hydroxylation sites is 2. The highest BCUT2D eigenvalue weighted by Crippen LogP contribution is 2.18. The molecule has 0 atom stereocenters. The molecule has 0 spiro atoms. The van der Waals surface area contributed by atoms with Gasteiger partial charge in [-0.05, 0) is 30.7 Å². The lowest BCUT2D eigenvalue weighted by atomic mass is 10.1. The van der Waals surface area contributed by atoms with Gasteiger partial charge in [0.1, 0.15) is 6.54 Å². The Bertz CT molecular complexity index is 1090. The van der Waals surface area contributed by atoms with Gasteiger partial charge in [-0.15, -0.1) is 0 Å². The summed E-state index contributed by atoms with van der Waals surface area (Å²) in [7, 11) is 0. The Morgan fingerprint density at radius 1 is 1.00 bits per heavy atom. The number of nitrogens with zero attached hydrogens (tertiary/aromatic N) is 3. The third-order valence-corrected chi connectivity index (χ3v) is 4.66. The van der Waals surface area contributed by atoms with Crippen molar-refractivity contribution < 1.29 is 4.79 Å². The van der Waals surface area contributed by atoms with Gasteiger partial charge in [-0.1, -0.05) is 24.3 Å². The van der Waals surface area contributed by atoms with Crippen LogP contribution in [0, 0.1) is 0 Å². The van der Waals surface area contributed by atoms with Crippen LogP contribution in [0.15, 0.2) is 72.0 Å². The number of aromatic nitrogens is 3. The van der Waals surface area contributed by atoms with Crippen LogP contribution in [0.1, 0.15) is 6.42 Å². The number of hydrogen-bond donors (Lipinski definition) is 1. The summed E-state index contributed by atoms with van der Waals surface area (Å²) in [5.74, 6) is -0.0698. The van der Waals surface area contributed by atoms with E-state index >= 15 is 0 Å². The summed E-state index contributed by atoms with van der Waals surface area (Å²) < 4.78 is 3.90. The quantitative estimate of drug-likeness (QED) is 0.424. The molecule has 6 nitrogen and oxygen atoms in total. The highest BCUT2D eigenvalue weighted by atomic mass is 16.2. The van der Waals surface area contributed by atoms with Crippen molar-refractivity contribution in [3.63, 3.8) is 0 Å². The van der Waals surface area contributed by atoms with Crippen LogP contribution in [0.25, 0.3) is 21.8 Å². The Hall–Kier alpha value is -3.41. The molecule has 136 valence electrons. The first-order valence-corrected chi connectivity index (χ1v) is 8.97. The van der Waals surface area contributed by atoms with E-state index in [0.717, 1.165) is 24.0 Å². The lowest BCUT2D eigenvalue weighted by molar-refractivity contribution is -0.121. The zero-order chi connectivity index (χ0) is 18.6. The molecular weight excluding hydrogens is 340 g/mol. The van der Waals surface area contributed by atoms with E-state index in [1.807, 2.05) is 63.9 Å². The van der Waals surface area contributed by atoms with Gasteiger partial charge in [0.25, 0.3) is 0 Å². The number of aryl methyl sites for hydroxylation is 1. The zero-order valence-corrected chi connectivity index (χ0v) is 14.8. The second kappa shape index (κ2) is 7.45. The molecule has 2 heterocycles. The Morgan fingerprint density at radius 3 is 2.30 bits per heavy atom. The van der Waals surface area contributed by atoms with Gasteiger partial charge < -0.3 is 14.5 Å². The topological polar surface area (TPSA) is 68.9 Å². The van der Waals surface area contributed by atoms with E-state index in [2.05, 4.69) is 10.3 Å². The SMILES string of the molecule is O=C(Cn1c2ccccc2c(=O)c2ccccc21)NCCCn1ccnc1. The molecule has 1 amide bonds. The predicted molar refractivity (Wildman–Crippen MR) is 106 cm³/mol. The number of carbonyl (C=O) groups excluding carboxylic acids is 1. The Balaban J connectivity index is 1.56. The number of carbonyl (C=O) groups is 1. The van der Waals surface area contributed by atoms with E-state index in [-0.39, 0.29) is 17.9 Å². The fraction of sp³-hybridized carbons (Fsp3) is 0.190. The third kappa shape index (κ3) is 3.46. The first kappa shape index (κ1) is 17.0. The second-order valence-electron chi connectivity index (χ2n) is 6.45. The number of rotatable bonds is 6. The van der Waals surface area contributed by atoms with Gasteiger partial charge in [-0.3, -0.25) is 9.59 Å². The van der Waals surface area contributed by atoms with E-state index in [1.165, 1.54) is 0 Å². The van der Waals surface area contributed by atoms with Crippen molar-refractivity contribution in [2.45, 2.75) is 19.5 Å². The Morgan fingerprint density at radius 2 is 1.67 bits per heavy atom. The fourth-order valence-electron chi connectivity index (χ4n) is 3.36. The lowest BCUT2D eigenvalue weighted by Gasteiger charge is -2.15. The first-order chi connectivity index (χ1) is 13.2. The molecule has 27 heavy (non-hydrogen) atoms. The Kier molecular flexibility index (Phi) is 4.70. The largest absolute Gasteiger partial charge is 0.354 e. The van der Waals surface area contributed by atoms with E-state index < -0.39 is 0 Å². The number of amides is 1. The number of pyridine rings is 1.